The Morgan fingerprint density at radius 1 is 1.00 bits per heavy atom. The van der Waals surface area contributed by atoms with Gasteiger partial charge in [0, 0.05) is 5.38 Å². The predicted molar refractivity (Wildman–Crippen MR) is 103 cm³/mol. The summed E-state index contributed by atoms with van der Waals surface area (Å²) in [7, 11) is 0. The molecule has 0 saturated carbocycles. The van der Waals surface area contributed by atoms with Crippen molar-refractivity contribution in [3.8, 4) is 0 Å². The average Bonchev–Trinajstić information content (AvgIpc) is 3.03. The maximum atomic E-state index is 8.87. The summed E-state index contributed by atoms with van der Waals surface area (Å²) in [5.74, 6) is 0. The van der Waals surface area contributed by atoms with Gasteiger partial charge in [-0.25, -0.2) is 9.55 Å². The number of halogens is 2. The SMILES string of the molecule is CCCCCCC(Cl)CCCCC.OC[n+]1c[nH]c2ccccc21.[Cl-]. The van der Waals surface area contributed by atoms with Crippen molar-refractivity contribution in [1.29, 1.82) is 0 Å². The summed E-state index contributed by atoms with van der Waals surface area (Å²) in [4.78, 5) is 3.04. The smallest absolute Gasteiger partial charge is 0.244 e. The van der Waals surface area contributed by atoms with Crippen LogP contribution >= 0.6 is 11.6 Å². The van der Waals surface area contributed by atoms with Crippen LogP contribution in [0.5, 0.6) is 0 Å². The van der Waals surface area contributed by atoms with E-state index in [4.69, 9.17) is 16.7 Å². The van der Waals surface area contributed by atoms with Gasteiger partial charge in [-0.15, -0.1) is 11.6 Å². The highest BCUT2D eigenvalue weighted by atomic mass is 35.5. The molecule has 2 aromatic rings. The van der Waals surface area contributed by atoms with Crippen molar-refractivity contribution in [1.82, 2.24) is 4.98 Å². The number of alkyl halides is 1. The van der Waals surface area contributed by atoms with Gasteiger partial charge >= 0.3 is 0 Å². The highest BCUT2D eigenvalue weighted by Crippen LogP contribution is 2.16. The largest absolute Gasteiger partial charge is 1.00 e. The molecule has 2 N–H and O–H groups in total. The quantitative estimate of drug-likeness (QED) is 0.366. The van der Waals surface area contributed by atoms with Crippen LogP contribution in [0.1, 0.15) is 71.6 Å². The molecule has 3 nitrogen and oxygen atoms in total. The molecule has 0 fully saturated rings. The van der Waals surface area contributed by atoms with E-state index >= 15 is 0 Å². The van der Waals surface area contributed by atoms with E-state index in [1.54, 1.807) is 10.9 Å². The van der Waals surface area contributed by atoms with Crippen molar-refractivity contribution >= 4 is 22.6 Å². The molecule has 1 unspecified atom stereocenters. The molecule has 0 saturated heterocycles. The Kier molecular flexibility index (Phi) is 15.0. The maximum absolute atomic E-state index is 8.87. The number of nitrogens with one attached hydrogen (secondary N) is 1. The van der Waals surface area contributed by atoms with E-state index in [2.05, 4.69) is 18.8 Å². The number of imidazole rings is 1. The second kappa shape index (κ2) is 15.5. The molecule has 2 rings (SSSR count). The summed E-state index contributed by atoms with van der Waals surface area (Å²) in [5, 5.41) is 9.32. The van der Waals surface area contributed by atoms with Crippen molar-refractivity contribution in [3.05, 3.63) is 30.6 Å². The number of benzene rings is 1. The number of para-hydroxylation sites is 2. The number of aliphatic hydroxyl groups excluding tert-OH is 1. The fourth-order valence-corrected chi connectivity index (χ4v) is 3.04. The number of rotatable bonds is 10. The maximum Gasteiger partial charge on any atom is 0.244 e. The minimum absolute atomic E-state index is 0. The summed E-state index contributed by atoms with van der Waals surface area (Å²) in [6, 6.07) is 7.84. The molecule has 0 aliphatic heterocycles. The molecule has 0 aliphatic carbocycles. The van der Waals surface area contributed by atoms with Crippen LogP contribution in [0.25, 0.3) is 11.0 Å². The second-order valence-corrected chi connectivity index (χ2v) is 6.96. The first-order valence-electron chi connectivity index (χ1n) is 9.43. The standard InChI is InChI=1S/C12H25Cl.C8H8N2O.ClH/c1-3-5-7-9-11-12(13)10-8-6-4-2;11-6-10-5-9-7-3-1-2-4-8(7)10;/h12H,3-11H2,1-2H3;1-5,11H,6H2;1H. The van der Waals surface area contributed by atoms with Gasteiger partial charge < -0.3 is 17.5 Å². The lowest BCUT2D eigenvalue weighted by molar-refractivity contribution is -0.706. The van der Waals surface area contributed by atoms with Gasteiger partial charge in [-0.1, -0.05) is 70.9 Å². The number of hydrogen-bond donors (Lipinski definition) is 2. The van der Waals surface area contributed by atoms with Gasteiger partial charge in [-0.3, -0.25) is 0 Å². The highest BCUT2D eigenvalue weighted by Gasteiger charge is 2.05. The van der Waals surface area contributed by atoms with E-state index in [1.165, 1.54) is 57.8 Å². The van der Waals surface area contributed by atoms with Crippen molar-refractivity contribution < 1.29 is 22.1 Å². The minimum Gasteiger partial charge on any atom is -1.00 e. The summed E-state index contributed by atoms with van der Waals surface area (Å²) < 4.78 is 1.75. The molecule has 1 heterocycles. The zero-order valence-corrected chi connectivity index (χ0v) is 17.2. The zero-order valence-electron chi connectivity index (χ0n) is 15.7. The van der Waals surface area contributed by atoms with E-state index in [-0.39, 0.29) is 19.1 Å². The molecule has 0 spiro atoms. The third-order valence-corrected chi connectivity index (χ3v) is 4.67. The Bertz CT molecular complexity index is 545. The van der Waals surface area contributed by atoms with Gasteiger partial charge in [0.15, 0.2) is 17.8 Å². The van der Waals surface area contributed by atoms with Gasteiger partial charge in [-0.2, -0.15) is 0 Å². The van der Waals surface area contributed by atoms with Crippen LogP contribution in [0.4, 0.5) is 0 Å². The number of aliphatic hydroxyl groups is 1. The van der Waals surface area contributed by atoms with Gasteiger partial charge in [0.25, 0.3) is 0 Å². The first-order valence-corrected chi connectivity index (χ1v) is 9.87. The summed E-state index contributed by atoms with van der Waals surface area (Å²) in [6.45, 7) is 4.51. The Morgan fingerprint density at radius 2 is 1.60 bits per heavy atom. The summed E-state index contributed by atoms with van der Waals surface area (Å²) in [5.41, 5.74) is 2.07. The van der Waals surface area contributed by atoms with Crippen LogP contribution < -0.4 is 17.0 Å². The van der Waals surface area contributed by atoms with Crippen molar-refractivity contribution in [3.63, 3.8) is 0 Å². The number of aromatic nitrogens is 2. The third kappa shape index (κ3) is 10.1. The number of H-pyrrole nitrogens is 1. The van der Waals surface area contributed by atoms with Gasteiger partial charge in [0.1, 0.15) is 0 Å². The number of aromatic amines is 1. The van der Waals surface area contributed by atoms with Gasteiger partial charge in [0.05, 0.1) is 0 Å². The normalized spacial score (nSPS) is 11.5. The first kappa shape index (κ1) is 24.2. The number of hydrogen-bond acceptors (Lipinski definition) is 1. The number of nitrogens with zero attached hydrogens (tertiary/aromatic N) is 1. The second-order valence-electron chi connectivity index (χ2n) is 6.34. The Labute approximate surface area is 164 Å². The van der Waals surface area contributed by atoms with Crippen LogP contribution in [-0.4, -0.2) is 15.5 Å². The third-order valence-electron chi connectivity index (χ3n) is 4.23. The molecule has 0 amide bonds. The Hall–Kier alpha value is -0.770. The monoisotopic (exact) mass is 388 g/mol. The lowest BCUT2D eigenvalue weighted by atomic mass is 10.1. The minimum atomic E-state index is 0. The van der Waals surface area contributed by atoms with E-state index < -0.39 is 0 Å². The summed E-state index contributed by atoms with van der Waals surface area (Å²) in [6.07, 6.45) is 13.6. The van der Waals surface area contributed by atoms with Crippen molar-refractivity contribution in [2.75, 3.05) is 0 Å². The molecule has 144 valence electrons. The van der Waals surface area contributed by atoms with E-state index in [0.29, 0.717) is 5.38 Å². The van der Waals surface area contributed by atoms with Crippen LogP contribution in [0.15, 0.2) is 30.6 Å². The molecule has 0 aliphatic rings. The lowest BCUT2D eigenvalue weighted by Crippen LogP contribution is -3.00. The number of fused-ring (bicyclic) bond motifs is 1. The average molecular weight is 389 g/mol. The molecular formula is C20H34Cl2N2O. The fourth-order valence-electron chi connectivity index (χ4n) is 2.73. The van der Waals surface area contributed by atoms with E-state index in [9.17, 15) is 0 Å². The van der Waals surface area contributed by atoms with E-state index in [1.807, 2.05) is 24.3 Å². The molecule has 0 radical (unpaired) electrons. The van der Waals surface area contributed by atoms with Crippen LogP contribution in [0, 0.1) is 0 Å². The molecule has 25 heavy (non-hydrogen) atoms. The first-order chi connectivity index (χ1) is 11.7. The summed E-state index contributed by atoms with van der Waals surface area (Å²) >= 11 is 6.20. The van der Waals surface area contributed by atoms with Gasteiger partial charge in [-0.05, 0) is 25.0 Å². The van der Waals surface area contributed by atoms with Crippen LogP contribution in [0.2, 0.25) is 0 Å². The van der Waals surface area contributed by atoms with Gasteiger partial charge in [0.2, 0.25) is 6.33 Å². The Balaban J connectivity index is 0.000000446. The molecule has 5 heteroatoms. The number of unbranched alkanes of at least 4 members (excludes halogenated alkanes) is 5. The highest BCUT2D eigenvalue weighted by molar-refractivity contribution is 6.20. The molecule has 1 aromatic heterocycles. The topological polar surface area (TPSA) is 39.9 Å². The van der Waals surface area contributed by atoms with Crippen molar-refractivity contribution in [2.45, 2.75) is 83.7 Å². The molecule has 1 atom stereocenters. The molecular weight excluding hydrogens is 355 g/mol. The lowest BCUT2D eigenvalue weighted by Gasteiger charge is -2.07. The van der Waals surface area contributed by atoms with Crippen molar-refractivity contribution in [2.24, 2.45) is 0 Å². The Morgan fingerprint density at radius 3 is 2.24 bits per heavy atom. The van der Waals surface area contributed by atoms with E-state index in [0.717, 1.165) is 11.0 Å². The predicted octanol–water partition coefficient (Wildman–Crippen LogP) is 2.55. The molecule has 0 bridgehead atoms. The van der Waals surface area contributed by atoms with Crippen LogP contribution in [-0.2, 0) is 6.73 Å². The zero-order chi connectivity index (χ0) is 17.6. The van der Waals surface area contributed by atoms with Crippen LogP contribution in [0.3, 0.4) is 0 Å². The molecule has 1 aromatic carbocycles. The fraction of sp³-hybridized carbons (Fsp3) is 0.650.